The van der Waals surface area contributed by atoms with Crippen molar-refractivity contribution >= 4 is 30.5 Å². The fourth-order valence-corrected chi connectivity index (χ4v) is 4.75. The molecule has 1 unspecified atom stereocenters. The van der Waals surface area contributed by atoms with E-state index in [-0.39, 0.29) is 43.1 Å². The number of para-hydroxylation sites is 1. The molecule has 0 saturated carbocycles. The smallest absolute Gasteiger partial charge is 0.289 e. The van der Waals surface area contributed by atoms with Crippen molar-refractivity contribution in [3.8, 4) is 0 Å². The molecule has 0 N–H and O–H groups in total. The van der Waals surface area contributed by atoms with Gasteiger partial charge in [-0.1, -0.05) is 48.5 Å². The first-order chi connectivity index (χ1) is 15.2. The quantitative estimate of drug-likeness (QED) is 0.561. The minimum absolute atomic E-state index is 0. The summed E-state index contributed by atoms with van der Waals surface area (Å²) >= 11 is 0. The molecule has 0 spiro atoms. The van der Waals surface area contributed by atoms with Crippen LogP contribution in [0.25, 0.3) is 0 Å². The molecule has 0 amide bonds. The lowest BCUT2D eigenvalue weighted by Crippen LogP contribution is -3.00. The highest BCUT2D eigenvalue weighted by Gasteiger charge is 2.38. The second-order valence-electron chi connectivity index (χ2n) is 8.58. The second-order valence-corrected chi connectivity index (χ2v) is 8.58. The maximum atomic E-state index is 6.18. The van der Waals surface area contributed by atoms with Crippen molar-refractivity contribution in [1.82, 2.24) is 9.80 Å². The first-order valence-electron chi connectivity index (χ1n) is 11.2. The largest absolute Gasteiger partial charge is 1.00 e. The standard InChI is InChI=1S/C27H30N3O.3ClH/c1-28-14-16-30(17-15-28)18-19-31-22-12-13-26-24(20-22)27(21-8-4-3-5-9-21)23-10-6-7-11-25(23)29(26)2;;;/h3-13,27H,14-19H2,1-2H3;3*1H/q+1;;;/p-1. The first kappa shape index (κ1) is 28.2. The van der Waals surface area contributed by atoms with Gasteiger partial charge in [0.15, 0.2) is 11.3 Å². The molecular formula is C27H32Cl3N3O. The van der Waals surface area contributed by atoms with Gasteiger partial charge in [0.2, 0.25) is 0 Å². The Labute approximate surface area is 222 Å². The zero-order chi connectivity index (χ0) is 21.2. The third-order valence-corrected chi connectivity index (χ3v) is 6.58. The number of fused-ring (bicyclic) bond motifs is 1. The predicted octanol–water partition coefficient (Wildman–Crippen LogP) is 1.89. The zero-order valence-electron chi connectivity index (χ0n) is 19.6. The van der Waals surface area contributed by atoms with Crippen LogP contribution in [0.15, 0.2) is 83.8 Å². The topological polar surface area (TPSA) is 19.0 Å². The number of ether oxygens (including phenoxy) is 1. The number of hydrogen-bond acceptors (Lipinski definition) is 4. The van der Waals surface area contributed by atoms with E-state index in [0.29, 0.717) is 6.61 Å². The van der Waals surface area contributed by atoms with Gasteiger partial charge in [-0.15, -0.1) is 24.8 Å². The van der Waals surface area contributed by atoms with Crippen LogP contribution in [-0.2, 0) is 4.74 Å². The Hall–Kier alpha value is -2.04. The van der Waals surface area contributed by atoms with Crippen LogP contribution in [0, 0.1) is 6.08 Å². The highest BCUT2D eigenvalue weighted by Crippen LogP contribution is 2.46. The lowest BCUT2D eigenvalue weighted by Gasteiger charge is -2.32. The van der Waals surface area contributed by atoms with Crippen LogP contribution < -0.4 is 17.3 Å². The van der Waals surface area contributed by atoms with Crippen molar-refractivity contribution in [2.45, 2.75) is 5.92 Å². The average molecular weight is 521 g/mol. The van der Waals surface area contributed by atoms with E-state index in [1.807, 2.05) is 0 Å². The highest BCUT2D eigenvalue weighted by molar-refractivity contribution is 5.85. The lowest BCUT2D eigenvalue weighted by molar-refractivity contribution is -0.00000723. The molecule has 0 bridgehead atoms. The summed E-state index contributed by atoms with van der Waals surface area (Å²) in [7, 11) is 4.33. The van der Waals surface area contributed by atoms with Crippen LogP contribution in [0.5, 0.6) is 0 Å². The van der Waals surface area contributed by atoms with Crippen LogP contribution in [0.4, 0.5) is 5.69 Å². The second kappa shape index (κ2) is 12.6. The number of hydrogen-bond donors (Lipinski definition) is 0. The molecule has 2 aliphatic heterocycles. The van der Waals surface area contributed by atoms with Crippen molar-refractivity contribution in [3.63, 3.8) is 0 Å². The van der Waals surface area contributed by atoms with E-state index in [1.165, 1.54) is 28.1 Å². The Morgan fingerprint density at radius 1 is 0.882 bits per heavy atom. The summed E-state index contributed by atoms with van der Waals surface area (Å²) in [6, 6.07) is 19.4. The van der Waals surface area contributed by atoms with Gasteiger partial charge in [-0.2, -0.15) is 0 Å². The van der Waals surface area contributed by atoms with Gasteiger partial charge >= 0.3 is 0 Å². The molecule has 2 aromatic rings. The lowest BCUT2D eigenvalue weighted by atomic mass is 9.79. The van der Waals surface area contributed by atoms with Gasteiger partial charge in [-0.25, -0.2) is 0 Å². The van der Waals surface area contributed by atoms with Gasteiger partial charge in [0, 0.05) is 39.8 Å². The molecule has 3 aliphatic rings. The summed E-state index contributed by atoms with van der Waals surface area (Å²) in [6.45, 7) is 6.16. The molecule has 5 rings (SSSR count). The Kier molecular flexibility index (Phi) is 10.5. The SMILES string of the molecule is CN1CCN(CCOC2=[C+]C3=C(C=C2)N(C)c2ccccc2C3c2ccccc2)CC1.Cl.Cl.[Cl-]. The van der Waals surface area contributed by atoms with Gasteiger partial charge in [-0.3, -0.25) is 9.80 Å². The summed E-state index contributed by atoms with van der Waals surface area (Å²) in [5.74, 6) is 0.992. The third-order valence-electron chi connectivity index (χ3n) is 6.58. The third kappa shape index (κ3) is 5.78. The average Bonchev–Trinajstić information content (AvgIpc) is 2.81. The number of rotatable bonds is 5. The summed E-state index contributed by atoms with van der Waals surface area (Å²) in [6.07, 6.45) is 7.89. The van der Waals surface area contributed by atoms with Crippen molar-refractivity contribution in [3.05, 3.63) is 101 Å². The van der Waals surface area contributed by atoms with E-state index in [1.54, 1.807) is 0 Å². The number of allylic oxidation sites excluding steroid dienone is 4. The van der Waals surface area contributed by atoms with Gasteiger partial charge in [-0.05, 0) is 24.2 Å². The van der Waals surface area contributed by atoms with Gasteiger partial charge in [0.1, 0.15) is 6.61 Å². The van der Waals surface area contributed by atoms with E-state index in [4.69, 9.17) is 4.74 Å². The number of benzene rings is 2. The maximum Gasteiger partial charge on any atom is 0.289 e. The predicted molar refractivity (Wildman–Crippen MR) is 140 cm³/mol. The summed E-state index contributed by atoms with van der Waals surface area (Å²) in [5.41, 5.74) is 6.23. The monoisotopic (exact) mass is 519 g/mol. The normalized spacial score (nSPS) is 19.4. The Morgan fingerprint density at radius 2 is 1.56 bits per heavy atom. The molecule has 1 atom stereocenters. The molecule has 0 radical (unpaired) electrons. The van der Waals surface area contributed by atoms with E-state index < -0.39 is 0 Å². The first-order valence-corrected chi connectivity index (χ1v) is 11.2. The number of piperazine rings is 1. The molecule has 7 heteroatoms. The molecule has 1 aliphatic carbocycles. The van der Waals surface area contributed by atoms with Gasteiger partial charge in [0.05, 0.1) is 29.8 Å². The molecule has 34 heavy (non-hydrogen) atoms. The molecule has 1 fully saturated rings. The number of anilines is 1. The summed E-state index contributed by atoms with van der Waals surface area (Å²) < 4.78 is 6.18. The van der Waals surface area contributed by atoms with Crippen molar-refractivity contribution in [2.75, 3.05) is 58.3 Å². The minimum Gasteiger partial charge on any atom is -1.00 e. The van der Waals surface area contributed by atoms with Crippen LogP contribution in [-0.4, -0.2) is 63.2 Å². The maximum absolute atomic E-state index is 6.18. The fraction of sp³-hybridized carbons (Fsp3) is 0.333. The highest BCUT2D eigenvalue weighted by atomic mass is 35.5. The van der Waals surface area contributed by atoms with Crippen molar-refractivity contribution < 1.29 is 17.1 Å². The van der Waals surface area contributed by atoms with Crippen LogP contribution in [0.1, 0.15) is 17.0 Å². The van der Waals surface area contributed by atoms with Gasteiger partial charge < -0.3 is 22.0 Å². The molecular weight excluding hydrogens is 489 g/mol. The van der Waals surface area contributed by atoms with E-state index in [0.717, 1.165) is 38.5 Å². The number of nitrogens with zero attached hydrogens (tertiary/aromatic N) is 3. The number of likely N-dealkylation sites (N-methyl/N-ethyl adjacent to an activating group) is 2. The Morgan fingerprint density at radius 3 is 2.29 bits per heavy atom. The van der Waals surface area contributed by atoms with E-state index in [9.17, 15) is 0 Å². The molecule has 1 saturated heterocycles. The Balaban J connectivity index is 0.00000136. The zero-order valence-corrected chi connectivity index (χ0v) is 22.0. The molecule has 2 heterocycles. The van der Waals surface area contributed by atoms with Crippen molar-refractivity contribution in [1.29, 1.82) is 0 Å². The van der Waals surface area contributed by atoms with Crippen LogP contribution in [0.3, 0.4) is 0 Å². The van der Waals surface area contributed by atoms with E-state index in [2.05, 4.69) is 102 Å². The fourth-order valence-electron chi connectivity index (χ4n) is 4.75. The number of halogens is 3. The minimum atomic E-state index is 0. The summed E-state index contributed by atoms with van der Waals surface area (Å²) in [5, 5.41) is 0. The molecule has 182 valence electrons. The Bertz CT molecular complexity index is 1030. The van der Waals surface area contributed by atoms with Gasteiger partial charge in [0.25, 0.3) is 5.76 Å². The molecule has 4 nitrogen and oxygen atoms in total. The van der Waals surface area contributed by atoms with E-state index >= 15 is 0 Å². The summed E-state index contributed by atoms with van der Waals surface area (Å²) in [4.78, 5) is 7.14. The van der Waals surface area contributed by atoms with Crippen LogP contribution in [0.2, 0.25) is 0 Å². The van der Waals surface area contributed by atoms with Crippen molar-refractivity contribution in [2.24, 2.45) is 0 Å². The molecule has 0 aromatic heterocycles. The molecule has 2 aromatic carbocycles. The van der Waals surface area contributed by atoms with Crippen LogP contribution >= 0.6 is 24.8 Å².